The minimum absolute atomic E-state index is 0.00954. The van der Waals surface area contributed by atoms with Gasteiger partial charge in [0.05, 0.1) is 24.4 Å². The molecule has 0 aliphatic rings. The first-order chi connectivity index (χ1) is 12.3. The zero-order valence-electron chi connectivity index (χ0n) is 18.4. The summed E-state index contributed by atoms with van der Waals surface area (Å²) in [6.07, 6.45) is 1.47. The van der Waals surface area contributed by atoms with Crippen LogP contribution in [-0.2, 0) is 19.0 Å². The molecule has 7 nitrogen and oxygen atoms in total. The molecule has 160 valence electrons. The molecule has 27 heavy (non-hydrogen) atoms. The molecule has 0 aliphatic heterocycles. The zero-order chi connectivity index (χ0) is 21.1. The summed E-state index contributed by atoms with van der Waals surface area (Å²) in [6.45, 7) is 16.8. The van der Waals surface area contributed by atoms with Gasteiger partial charge in [0.2, 0.25) is 5.91 Å². The molecule has 0 aromatic rings. The van der Waals surface area contributed by atoms with Gasteiger partial charge >= 0.3 is 6.09 Å². The molecule has 0 fully saturated rings. The summed E-state index contributed by atoms with van der Waals surface area (Å²) < 4.78 is 16.5. The normalized spacial score (nSPS) is 14.4. The van der Waals surface area contributed by atoms with Crippen molar-refractivity contribution < 1.29 is 23.8 Å². The van der Waals surface area contributed by atoms with Gasteiger partial charge < -0.3 is 24.8 Å². The quantitative estimate of drug-likeness (QED) is 0.535. The van der Waals surface area contributed by atoms with Gasteiger partial charge in [0.15, 0.2) is 0 Å². The van der Waals surface area contributed by atoms with Gasteiger partial charge in [-0.3, -0.25) is 4.79 Å². The third-order valence-electron chi connectivity index (χ3n) is 3.77. The number of hydrogen-bond acceptors (Lipinski definition) is 5. The summed E-state index contributed by atoms with van der Waals surface area (Å²) >= 11 is 0. The topological polar surface area (TPSA) is 85.9 Å². The van der Waals surface area contributed by atoms with Crippen molar-refractivity contribution in [1.82, 2.24) is 10.6 Å². The van der Waals surface area contributed by atoms with Gasteiger partial charge in [-0.25, -0.2) is 4.79 Å². The van der Waals surface area contributed by atoms with Crippen molar-refractivity contribution in [1.29, 1.82) is 0 Å². The van der Waals surface area contributed by atoms with E-state index in [0.717, 1.165) is 6.42 Å². The lowest BCUT2D eigenvalue weighted by atomic mass is 10.0. The molecule has 0 saturated carbocycles. The summed E-state index contributed by atoms with van der Waals surface area (Å²) in [5, 5.41) is 5.65. The van der Waals surface area contributed by atoms with Crippen LogP contribution in [0.1, 0.15) is 74.7 Å². The Labute approximate surface area is 164 Å². The number of carbonyl (C=O) groups is 2. The molecule has 0 bridgehead atoms. The van der Waals surface area contributed by atoms with E-state index in [-0.39, 0.29) is 18.1 Å². The highest BCUT2D eigenvalue weighted by Crippen LogP contribution is 2.17. The second-order valence-corrected chi connectivity index (χ2v) is 8.52. The maximum Gasteiger partial charge on any atom is 0.407 e. The summed E-state index contributed by atoms with van der Waals surface area (Å²) in [6, 6.07) is -0.187. The maximum absolute atomic E-state index is 12.0. The fourth-order valence-electron chi connectivity index (χ4n) is 2.26. The Balaban J connectivity index is 4.04. The molecular weight excluding hydrogens is 348 g/mol. The van der Waals surface area contributed by atoms with E-state index < -0.39 is 17.3 Å². The van der Waals surface area contributed by atoms with Crippen molar-refractivity contribution in [2.24, 2.45) is 0 Å². The van der Waals surface area contributed by atoms with Gasteiger partial charge in [0.25, 0.3) is 0 Å². The van der Waals surface area contributed by atoms with Crippen molar-refractivity contribution in [3.63, 3.8) is 0 Å². The molecule has 7 heteroatoms. The first-order valence-corrected chi connectivity index (χ1v) is 9.86. The lowest BCUT2D eigenvalue weighted by molar-refractivity contribution is -0.123. The number of carbonyl (C=O) groups excluding carboxylic acids is 2. The van der Waals surface area contributed by atoms with Gasteiger partial charge in [-0.15, -0.1) is 0 Å². The van der Waals surface area contributed by atoms with Crippen LogP contribution >= 0.6 is 0 Å². The molecule has 0 spiro atoms. The smallest absolute Gasteiger partial charge is 0.407 e. The van der Waals surface area contributed by atoms with Crippen LogP contribution in [0, 0.1) is 0 Å². The van der Waals surface area contributed by atoms with Gasteiger partial charge in [-0.1, -0.05) is 0 Å². The molecule has 0 radical (unpaired) electrons. The lowest BCUT2D eigenvalue weighted by Gasteiger charge is -2.28. The van der Waals surface area contributed by atoms with E-state index in [1.165, 1.54) is 0 Å². The van der Waals surface area contributed by atoms with Crippen LogP contribution in [0.4, 0.5) is 4.79 Å². The van der Waals surface area contributed by atoms with E-state index in [0.29, 0.717) is 32.6 Å². The molecule has 0 saturated heterocycles. The number of amides is 2. The molecule has 0 aromatic carbocycles. The van der Waals surface area contributed by atoms with Crippen LogP contribution in [0.2, 0.25) is 0 Å². The van der Waals surface area contributed by atoms with E-state index >= 15 is 0 Å². The second kappa shape index (κ2) is 12.2. The van der Waals surface area contributed by atoms with Crippen molar-refractivity contribution in [2.45, 2.75) is 98.0 Å². The standard InChI is InChI=1S/C20H40N2O5/c1-9-25-16(3)11-13-21-17(23)10-12-20(7,8)26-14-15(2)22-18(24)27-19(4,5)6/h15-16H,9-14H2,1-8H3,(H,21,23)(H,22,24). The molecule has 0 aliphatic carbocycles. The summed E-state index contributed by atoms with van der Waals surface area (Å²) in [5.74, 6) is 0.00954. The summed E-state index contributed by atoms with van der Waals surface area (Å²) in [5.41, 5.74) is -0.989. The summed E-state index contributed by atoms with van der Waals surface area (Å²) in [4.78, 5) is 23.7. The first kappa shape index (κ1) is 25.7. The van der Waals surface area contributed by atoms with Crippen LogP contribution in [0.15, 0.2) is 0 Å². The Kier molecular flexibility index (Phi) is 11.6. The third-order valence-corrected chi connectivity index (χ3v) is 3.77. The van der Waals surface area contributed by atoms with Crippen LogP contribution in [0.25, 0.3) is 0 Å². The highest BCUT2D eigenvalue weighted by Gasteiger charge is 2.22. The van der Waals surface area contributed by atoms with Crippen LogP contribution in [0.3, 0.4) is 0 Å². The molecule has 0 heterocycles. The van der Waals surface area contributed by atoms with E-state index in [1.807, 2.05) is 55.4 Å². The number of ether oxygens (including phenoxy) is 3. The van der Waals surface area contributed by atoms with Gasteiger partial charge in [0, 0.05) is 19.6 Å². The minimum Gasteiger partial charge on any atom is -0.444 e. The molecular formula is C20H40N2O5. The second-order valence-electron chi connectivity index (χ2n) is 8.52. The predicted molar refractivity (Wildman–Crippen MR) is 107 cm³/mol. The average Bonchev–Trinajstić information content (AvgIpc) is 2.49. The van der Waals surface area contributed by atoms with E-state index in [9.17, 15) is 9.59 Å². The Bertz CT molecular complexity index is 446. The predicted octanol–water partition coefficient (Wildman–Crippen LogP) is 3.41. The maximum atomic E-state index is 12.0. The lowest BCUT2D eigenvalue weighted by Crippen LogP contribution is -2.41. The average molecular weight is 389 g/mol. The monoisotopic (exact) mass is 388 g/mol. The van der Waals surface area contributed by atoms with Gasteiger partial charge in [-0.2, -0.15) is 0 Å². The van der Waals surface area contributed by atoms with E-state index in [1.54, 1.807) is 0 Å². The number of nitrogens with one attached hydrogen (secondary N) is 2. The van der Waals surface area contributed by atoms with Crippen molar-refractivity contribution in [2.75, 3.05) is 19.8 Å². The van der Waals surface area contributed by atoms with Crippen LogP contribution in [-0.4, -0.2) is 55.1 Å². The fraction of sp³-hybridized carbons (Fsp3) is 0.900. The Hall–Kier alpha value is -1.34. The Morgan fingerprint density at radius 3 is 2.26 bits per heavy atom. The van der Waals surface area contributed by atoms with Crippen molar-refractivity contribution in [3.05, 3.63) is 0 Å². The minimum atomic E-state index is -0.530. The number of alkyl carbamates (subject to hydrolysis) is 1. The van der Waals surface area contributed by atoms with E-state index in [4.69, 9.17) is 14.2 Å². The van der Waals surface area contributed by atoms with Crippen molar-refractivity contribution in [3.8, 4) is 0 Å². The number of rotatable bonds is 12. The third kappa shape index (κ3) is 15.4. The molecule has 2 N–H and O–H groups in total. The fourth-order valence-corrected chi connectivity index (χ4v) is 2.26. The first-order valence-electron chi connectivity index (χ1n) is 9.86. The largest absolute Gasteiger partial charge is 0.444 e. The summed E-state index contributed by atoms with van der Waals surface area (Å²) in [7, 11) is 0. The molecule has 2 amide bonds. The van der Waals surface area contributed by atoms with E-state index in [2.05, 4.69) is 10.6 Å². The molecule has 0 rings (SSSR count). The molecule has 2 unspecified atom stereocenters. The molecule has 2 atom stereocenters. The zero-order valence-corrected chi connectivity index (χ0v) is 18.4. The van der Waals surface area contributed by atoms with Gasteiger partial charge in [0.1, 0.15) is 5.60 Å². The molecule has 0 aromatic heterocycles. The van der Waals surface area contributed by atoms with Gasteiger partial charge in [-0.05, 0) is 68.2 Å². The van der Waals surface area contributed by atoms with Crippen LogP contribution in [0.5, 0.6) is 0 Å². The Morgan fingerprint density at radius 2 is 1.70 bits per heavy atom. The SMILES string of the molecule is CCOC(C)CCNC(=O)CCC(C)(C)OCC(C)NC(=O)OC(C)(C)C. The Morgan fingerprint density at radius 1 is 1.07 bits per heavy atom. The van der Waals surface area contributed by atoms with Crippen LogP contribution < -0.4 is 10.6 Å². The van der Waals surface area contributed by atoms with Crippen molar-refractivity contribution >= 4 is 12.0 Å². The highest BCUT2D eigenvalue weighted by atomic mass is 16.6. The highest BCUT2D eigenvalue weighted by molar-refractivity contribution is 5.75. The number of hydrogen-bond donors (Lipinski definition) is 2.